The Bertz CT molecular complexity index is 1130. The summed E-state index contributed by atoms with van der Waals surface area (Å²) in [7, 11) is 0. The minimum atomic E-state index is -1.22. The normalized spacial score (nSPS) is 16.8. The number of nitrogens with zero attached hydrogens (tertiary/aromatic N) is 1. The number of aliphatic hydroxyl groups is 1. The Balaban J connectivity index is 1.47. The molecule has 36 heavy (non-hydrogen) atoms. The minimum Gasteiger partial charge on any atom is -0.482 e. The first kappa shape index (κ1) is 25.3. The molecule has 0 aliphatic heterocycles. The molecule has 0 aromatic heterocycles. The van der Waals surface area contributed by atoms with Gasteiger partial charge in [-0.05, 0) is 67.6 Å². The van der Waals surface area contributed by atoms with Crippen LogP contribution in [-0.4, -0.2) is 42.6 Å². The fourth-order valence-electron chi connectivity index (χ4n) is 4.47. The lowest BCUT2D eigenvalue weighted by molar-refractivity contribution is -0.145. The summed E-state index contributed by atoms with van der Waals surface area (Å²) in [5.41, 5.74) is 2.00. The van der Waals surface area contributed by atoms with Crippen LogP contribution in [0.4, 0.5) is 16.2 Å². The molecule has 188 valence electrons. The lowest BCUT2D eigenvalue weighted by Gasteiger charge is -2.29. The van der Waals surface area contributed by atoms with Crippen LogP contribution in [0.1, 0.15) is 30.9 Å². The highest BCUT2D eigenvalue weighted by molar-refractivity contribution is 5.95. The van der Waals surface area contributed by atoms with Crippen LogP contribution in [0, 0.1) is 0 Å². The number of amides is 1. The number of esters is 1. The maximum Gasteiger partial charge on any atom is 0.419 e. The Morgan fingerprint density at radius 3 is 2.22 bits per heavy atom. The van der Waals surface area contributed by atoms with E-state index in [-0.39, 0.29) is 13.2 Å². The number of fused-ring (bicyclic) bond motifs is 1. The van der Waals surface area contributed by atoms with Gasteiger partial charge in [0, 0.05) is 6.42 Å². The van der Waals surface area contributed by atoms with E-state index in [2.05, 4.69) is 0 Å². The Labute approximate surface area is 211 Å². The molecule has 0 fully saturated rings. The van der Waals surface area contributed by atoms with Gasteiger partial charge in [-0.3, -0.25) is 0 Å². The molecule has 3 aromatic carbocycles. The number of rotatable bonds is 8. The van der Waals surface area contributed by atoms with Crippen molar-refractivity contribution in [2.75, 3.05) is 24.7 Å². The van der Waals surface area contributed by atoms with Crippen LogP contribution >= 0.6 is 0 Å². The molecule has 1 unspecified atom stereocenters. The largest absolute Gasteiger partial charge is 0.482 e. The molecular formula is C29H31NO6. The van der Waals surface area contributed by atoms with Gasteiger partial charge in [-0.15, -0.1) is 0 Å². The minimum absolute atomic E-state index is 0.144. The molecule has 1 aliphatic rings. The highest BCUT2D eigenvalue weighted by Gasteiger charge is 2.34. The van der Waals surface area contributed by atoms with Gasteiger partial charge in [0.25, 0.3) is 0 Å². The maximum atomic E-state index is 13.2. The SMILES string of the molecule is CCOC(=O)COc1cccc2c1CCCC(O)(COC(=O)N(c1ccccc1)c1ccccc1)C2. The average molecular weight is 490 g/mol. The Morgan fingerprint density at radius 1 is 0.917 bits per heavy atom. The number of carbonyl (C=O) groups is 2. The van der Waals surface area contributed by atoms with Gasteiger partial charge >= 0.3 is 12.1 Å². The number of hydrogen-bond donors (Lipinski definition) is 1. The smallest absolute Gasteiger partial charge is 0.419 e. The summed E-state index contributed by atoms with van der Waals surface area (Å²) in [6.45, 7) is 1.74. The van der Waals surface area contributed by atoms with E-state index >= 15 is 0 Å². The third-order valence-electron chi connectivity index (χ3n) is 6.15. The van der Waals surface area contributed by atoms with Crippen molar-refractivity contribution in [3.05, 3.63) is 90.0 Å². The van der Waals surface area contributed by atoms with Gasteiger partial charge in [0.1, 0.15) is 18.0 Å². The van der Waals surface area contributed by atoms with Crippen molar-refractivity contribution >= 4 is 23.4 Å². The monoisotopic (exact) mass is 489 g/mol. The first-order valence-corrected chi connectivity index (χ1v) is 12.2. The number of benzene rings is 3. The van der Waals surface area contributed by atoms with Crippen LogP contribution in [0.25, 0.3) is 0 Å². The molecule has 0 saturated heterocycles. The molecule has 3 aromatic rings. The van der Waals surface area contributed by atoms with Crippen LogP contribution in [0.2, 0.25) is 0 Å². The van der Waals surface area contributed by atoms with Gasteiger partial charge in [-0.2, -0.15) is 0 Å². The third-order valence-corrected chi connectivity index (χ3v) is 6.15. The quantitative estimate of drug-likeness (QED) is 0.345. The Hall–Kier alpha value is -3.84. The van der Waals surface area contributed by atoms with E-state index in [1.807, 2.05) is 78.9 Å². The highest BCUT2D eigenvalue weighted by atomic mass is 16.6. The van der Waals surface area contributed by atoms with Gasteiger partial charge in [0.15, 0.2) is 6.61 Å². The molecule has 4 rings (SSSR count). The summed E-state index contributed by atoms with van der Waals surface area (Å²) in [6.07, 6.45) is 1.58. The molecule has 0 spiro atoms. The van der Waals surface area contributed by atoms with E-state index in [0.717, 1.165) is 11.1 Å². The van der Waals surface area contributed by atoms with E-state index < -0.39 is 17.7 Å². The van der Waals surface area contributed by atoms with Gasteiger partial charge in [0.2, 0.25) is 0 Å². The molecule has 1 N–H and O–H groups in total. The second-order valence-corrected chi connectivity index (χ2v) is 8.80. The van der Waals surface area contributed by atoms with Crippen LogP contribution in [0.15, 0.2) is 78.9 Å². The lowest BCUT2D eigenvalue weighted by Crippen LogP contribution is -2.39. The summed E-state index contributed by atoms with van der Waals surface area (Å²) < 4.78 is 16.4. The summed E-state index contributed by atoms with van der Waals surface area (Å²) in [5.74, 6) is 0.189. The summed E-state index contributed by atoms with van der Waals surface area (Å²) in [6, 6.07) is 24.1. The molecule has 1 aliphatic carbocycles. The van der Waals surface area contributed by atoms with Crippen molar-refractivity contribution in [1.82, 2.24) is 0 Å². The van der Waals surface area contributed by atoms with Crippen LogP contribution in [0.3, 0.4) is 0 Å². The van der Waals surface area contributed by atoms with Crippen molar-refractivity contribution in [1.29, 1.82) is 0 Å². The maximum absolute atomic E-state index is 13.2. The standard InChI is InChI=1S/C29H31NO6/c1-2-34-27(31)20-35-26-17-9-11-22-19-29(33,18-10-16-25(22)26)21-36-28(32)30(23-12-5-3-6-13-23)24-14-7-4-8-15-24/h3-9,11-15,17,33H,2,10,16,18-21H2,1H3. The molecule has 1 atom stereocenters. The molecule has 0 radical (unpaired) electrons. The van der Waals surface area contributed by atoms with E-state index in [0.29, 0.717) is 49.4 Å². The average Bonchev–Trinajstić information content (AvgIpc) is 3.07. The van der Waals surface area contributed by atoms with Crippen molar-refractivity contribution < 1.29 is 28.9 Å². The first-order valence-electron chi connectivity index (χ1n) is 12.2. The lowest BCUT2D eigenvalue weighted by atomic mass is 9.92. The van der Waals surface area contributed by atoms with Crippen LogP contribution in [0.5, 0.6) is 5.75 Å². The number of hydrogen-bond acceptors (Lipinski definition) is 6. The van der Waals surface area contributed by atoms with Crippen molar-refractivity contribution in [3.8, 4) is 5.75 Å². The number of carbonyl (C=O) groups excluding carboxylic acids is 2. The predicted octanol–water partition coefficient (Wildman–Crippen LogP) is 5.21. The molecule has 0 bridgehead atoms. The molecule has 1 amide bonds. The second-order valence-electron chi connectivity index (χ2n) is 8.80. The van der Waals surface area contributed by atoms with Crippen molar-refractivity contribution in [2.45, 2.75) is 38.2 Å². The number of anilines is 2. The summed E-state index contributed by atoms with van der Waals surface area (Å²) in [4.78, 5) is 26.5. The molecule has 7 nitrogen and oxygen atoms in total. The zero-order valence-electron chi connectivity index (χ0n) is 20.4. The summed E-state index contributed by atoms with van der Waals surface area (Å²) in [5, 5.41) is 11.4. The van der Waals surface area contributed by atoms with Gasteiger partial charge in [0.05, 0.1) is 18.0 Å². The van der Waals surface area contributed by atoms with Crippen molar-refractivity contribution in [3.63, 3.8) is 0 Å². The van der Waals surface area contributed by atoms with Gasteiger partial charge < -0.3 is 19.3 Å². The fraction of sp³-hybridized carbons (Fsp3) is 0.310. The van der Waals surface area contributed by atoms with Crippen LogP contribution in [-0.2, 0) is 27.1 Å². The van der Waals surface area contributed by atoms with Crippen molar-refractivity contribution in [2.24, 2.45) is 0 Å². The van der Waals surface area contributed by atoms with Gasteiger partial charge in [-0.25, -0.2) is 14.5 Å². The zero-order chi connectivity index (χ0) is 25.4. The zero-order valence-corrected chi connectivity index (χ0v) is 20.4. The number of para-hydroxylation sites is 2. The second kappa shape index (κ2) is 11.7. The molecule has 0 saturated carbocycles. The fourth-order valence-corrected chi connectivity index (χ4v) is 4.47. The molecule has 7 heteroatoms. The van der Waals surface area contributed by atoms with E-state index in [1.165, 1.54) is 4.90 Å². The molecule has 0 heterocycles. The number of ether oxygens (including phenoxy) is 3. The topological polar surface area (TPSA) is 85.3 Å². The third kappa shape index (κ3) is 6.23. The van der Waals surface area contributed by atoms with Crippen LogP contribution < -0.4 is 9.64 Å². The Kier molecular flexibility index (Phi) is 8.23. The van der Waals surface area contributed by atoms with E-state index in [9.17, 15) is 14.7 Å². The van der Waals surface area contributed by atoms with E-state index in [4.69, 9.17) is 14.2 Å². The first-order chi connectivity index (χ1) is 17.5. The Morgan fingerprint density at radius 2 is 1.58 bits per heavy atom. The van der Waals surface area contributed by atoms with E-state index in [1.54, 1.807) is 6.92 Å². The predicted molar refractivity (Wildman–Crippen MR) is 137 cm³/mol. The van der Waals surface area contributed by atoms with Gasteiger partial charge in [-0.1, -0.05) is 48.5 Å². The highest BCUT2D eigenvalue weighted by Crippen LogP contribution is 2.34. The molecular weight excluding hydrogens is 458 g/mol. The summed E-state index contributed by atoms with van der Waals surface area (Å²) >= 11 is 0.